The van der Waals surface area contributed by atoms with Gasteiger partial charge in [0.25, 0.3) is 0 Å². The van der Waals surface area contributed by atoms with Crippen molar-refractivity contribution in [1.29, 1.82) is 0 Å². The molecule has 0 saturated heterocycles. The number of ether oxygens (including phenoxy) is 1. The number of hydrogen-bond acceptors (Lipinski definition) is 3. The highest BCUT2D eigenvalue weighted by atomic mass is 16.5. The summed E-state index contributed by atoms with van der Waals surface area (Å²) in [5.74, 6) is 0.933. The number of rotatable bonds is 6. The second-order valence-electron chi connectivity index (χ2n) is 4.68. The first-order valence-electron chi connectivity index (χ1n) is 6.63. The molecular weight excluding hydrogens is 238 g/mol. The molecule has 1 N–H and O–H groups in total. The van der Waals surface area contributed by atoms with E-state index in [0.717, 1.165) is 24.3 Å². The molecule has 1 unspecified atom stereocenters. The number of furan rings is 1. The van der Waals surface area contributed by atoms with Crippen molar-refractivity contribution in [2.45, 2.75) is 26.3 Å². The summed E-state index contributed by atoms with van der Waals surface area (Å²) in [6, 6.07) is 8.66. The fourth-order valence-electron chi connectivity index (χ4n) is 2.32. The second-order valence-corrected chi connectivity index (χ2v) is 4.68. The first-order chi connectivity index (χ1) is 9.24. The fraction of sp³-hybridized carbons (Fsp3) is 0.375. The Morgan fingerprint density at radius 3 is 2.74 bits per heavy atom. The quantitative estimate of drug-likeness (QED) is 0.862. The number of benzene rings is 1. The summed E-state index contributed by atoms with van der Waals surface area (Å²) in [4.78, 5) is 0. The van der Waals surface area contributed by atoms with E-state index in [1.165, 1.54) is 11.1 Å². The van der Waals surface area contributed by atoms with Crippen molar-refractivity contribution in [1.82, 2.24) is 5.32 Å². The van der Waals surface area contributed by atoms with E-state index in [4.69, 9.17) is 9.15 Å². The normalized spacial score (nSPS) is 12.4. The van der Waals surface area contributed by atoms with E-state index in [1.54, 1.807) is 19.6 Å². The van der Waals surface area contributed by atoms with Gasteiger partial charge in [-0.15, -0.1) is 0 Å². The van der Waals surface area contributed by atoms with Gasteiger partial charge in [0.2, 0.25) is 0 Å². The summed E-state index contributed by atoms with van der Waals surface area (Å²) < 4.78 is 10.5. The van der Waals surface area contributed by atoms with E-state index in [2.05, 4.69) is 31.3 Å². The van der Waals surface area contributed by atoms with Crippen LogP contribution in [-0.4, -0.2) is 13.7 Å². The third-order valence-electron chi connectivity index (χ3n) is 3.29. The summed E-state index contributed by atoms with van der Waals surface area (Å²) in [7, 11) is 1.70. The molecule has 3 heteroatoms. The van der Waals surface area contributed by atoms with Gasteiger partial charge < -0.3 is 14.5 Å². The van der Waals surface area contributed by atoms with Gasteiger partial charge in [-0.25, -0.2) is 0 Å². The maximum Gasteiger partial charge on any atom is 0.121 e. The minimum absolute atomic E-state index is 0.298. The molecule has 0 bridgehead atoms. The predicted molar refractivity (Wildman–Crippen MR) is 76.6 cm³/mol. The summed E-state index contributed by atoms with van der Waals surface area (Å²) in [6.45, 7) is 5.13. The maximum atomic E-state index is 5.31. The lowest BCUT2D eigenvalue weighted by Crippen LogP contribution is -2.22. The third-order valence-corrected chi connectivity index (χ3v) is 3.29. The zero-order valence-electron chi connectivity index (χ0n) is 11.8. The van der Waals surface area contributed by atoms with Gasteiger partial charge in [-0.05, 0) is 48.7 Å². The van der Waals surface area contributed by atoms with Crippen molar-refractivity contribution in [3.63, 3.8) is 0 Å². The van der Waals surface area contributed by atoms with Crippen molar-refractivity contribution < 1.29 is 9.15 Å². The second kappa shape index (κ2) is 6.43. The van der Waals surface area contributed by atoms with Crippen LogP contribution in [0.5, 0.6) is 5.75 Å². The van der Waals surface area contributed by atoms with Gasteiger partial charge in [-0.3, -0.25) is 0 Å². The third kappa shape index (κ3) is 3.38. The number of methoxy groups -OCH3 is 1. The standard InChI is InChI=1S/C16H21NO2/c1-4-17-15(10-13-7-8-19-11-13)14-5-6-16(18-3)12(2)9-14/h5-9,11,15,17H,4,10H2,1-3H3. The minimum atomic E-state index is 0.298. The Labute approximate surface area is 114 Å². The molecule has 0 spiro atoms. The zero-order valence-corrected chi connectivity index (χ0v) is 11.8. The lowest BCUT2D eigenvalue weighted by atomic mass is 9.98. The van der Waals surface area contributed by atoms with Gasteiger partial charge in [-0.2, -0.15) is 0 Å². The largest absolute Gasteiger partial charge is 0.496 e. The number of likely N-dealkylation sites (N-methyl/N-ethyl adjacent to an activating group) is 1. The summed E-state index contributed by atoms with van der Waals surface area (Å²) >= 11 is 0. The molecule has 0 aliphatic carbocycles. The summed E-state index contributed by atoms with van der Waals surface area (Å²) in [5, 5.41) is 3.52. The molecule has 0 aliphatic rings. The highest BCUT2D eigenvalue weighted by Gasteiger charge is 2.13. The number of nitrogens with one attached hydrogen (secondary N) is 1. The minimum Gasteiger partial charge on any atom is -0.496 e. The zero-order chi connectivity index (χ0) is 13.7. The van der Waals surface area contributed by atoms with Crippen molar-refractivity contribution in [3.8, 4) is 5.75 Å². The first kappa shape index (κ1) is 13.7. The van der Waals surface area contributed by atoms with Crippen LogP contribution in [0, 0.1) is 6.92 Å². The predicted octanol–water partition coefficient (Wildman–Crippen LogP) is 3.49. The van der Waals surface area contributed by atoms with Gasteiger partial charge in [0.05, 0.1) is 19.6 Å². The van der Waals surface area contributed by atoms with E-state index < -0.39 is 0 Å². The molecule has 3 nitrogen and oxygen atoms in total. The van der Waals surface area contributed by atoms with Crippen LogP contribution in [0.1, 0.15) is 29.7 Å². The monoisotopic (exact) mass is 259 g/mol. The van der Waals surface area contributed by atoms with Crippen LogP contribution in [0.4, 0.5) is 0 Å². The molecule has 2 rings (SSSR count). The van der Waals surface area contributed by atoms with E-state index in [1.807, 2.05) is 12.1 Å². The van der Waals surface area contributed by atoms with Gasteiger partial charge in [-0.1, -0.05) is 19.1 Å². The molecule has 19 heavy (non-hydrogen) atoms. The van der Waals surface area contributed by atoms with Crippen molar-refractivity contribution >= 4 is 0 Å². The molecule has 1 atom stereocenters. The topological polar surface area (TPSA) is 34.4 Å². The van der Waals surface area contributed by atoms with Crippen molar-refractivity contribution in [2.24, 2.45) is 0 Å². The van der Waals surface area contributed by atoms with Crippen molar-refractivity contribution in [2.75, 3.05) is 13.7 Å². The highest BCUT2D eigenvalue weighted by molar-refractivity contribution is 5.37. The van der Waals surface area contributed by atoms with Gasteiger partial charge in [0, 0.05) is 6.04 Å². The molecule has 0 saturated carbocycles. The van der Waals surface area contributed by atoms with Gasteiger partial charge in [0.15, 0.2) is 0 Å². The Morgan fingerprint density at radius 2 is 2.16 bits per heavy atom. The van der Waals surface area contributed by atoms with E-state index in [-0.39, 0.29) is 0 Å². The molecule has 102 valence electrons. The molecule has 1 aromatic carbocycles. The van der Waals surface area contributed by atoms with Crippen LogP contribution in [-0.2, 0) is 6.42 Å². The molecule has 0 aliphatic heterocycles. The molecule has 1 heterocycles. The fourth-order valence-corrected chi connectivity index (χ4v) is 2.32. The average Bonchev–Trinajstić information content (AvgIpc) is 2.91. The van der Waals surface area contributed by atoms with Crippen LogP contribution in [0.25, 0.3) is 0 Å². The van der Waals surface area contributed by atoms with Gasteiger partial charge >= 0.3 is 0 Å². The lowest BCUT2D eigenvalue weighted by Gasteiger charge is -2.19. The lowest BCUT2D eigenvalue weighted by molar-refractivity contribution is 0.411. The van der Waals surface area contributed by atoms with Crippen LogP contribution in [0.3, 0.4) is 0 Å². The van der Waals surface area contributed by atoms with Crippen LogP contribution < -0.4 is 10.1 Å². The number of hydrogen-bond donors (Lipinski definition) is 1. The first-order valence-corrected chi connectivity index (χ1v) is 6.63. The highest BCUT2D eigenvalue weighted by Crippen LogP contribution is 2.24. The van der Waals surface area contributed by atoms with Crippen LogP contribution in [0.2, 0.25) is 0 Å². The van der Waals surface area contributed by atoms with E-state index in [0.29, 0.717) is 6.04 Å². The Kier molecular flexibility index (Phi) is 4.63. The Balaban J connectivity index is 2.20. The van der Waals surface area contributed by atoms with E-state index in [9.17, 15) is 0 Å². The SMILES string of the molecule is CCNC(Cc1ccoc1)c1ccc(OC)c(C)c1. The molecule has 0 fully saturated rings. The Hall–Kier alpha value is -1.74. The Bertz CT molecular complexity index is 505. The molecule has 1 aromatic heterocycles. The smallest absolute Gasteiger partial charge is 0.121 e. The van der Waals surface area contributed by atoms with Crippen LogP contribution >= 0.6 is 0 Å². The number of aryl methyl sites for hydroxylation is 1. The molecular formula is C16H21NO2. The Morgan fingerprint density at radius 1 is 1.32 bits per heavy atom. The molecule has 0 amide bonds. The van der Waals surface area contributed by atoms with Crippen molar-refractivity contribution in [3.05, 3.63) is 53.5 Å². The van der Waals surface area contributed by atoms with Gasteiger partial charge in [0.1, 0.15) is 5.75 Å². The maximum absolute atomic E-state index is 5.31. The summed E-state index contributed by atoms with van der Waals surface area (Å²) in [5.41, 5.74) is 3.65. The van der Waals surface area contributed by atoms with Crippen LogP contribution in [0.15, 0.2) is 41.2 Å². The average molecular weight is 259 g/mol. The van der Waals surface area contributed by atoms with E-state index >= 15 is 0 Å². The molecule has 0 radical (unpaired) electrons. The summed E-state index contributed by atoms with van der Waals surface area (Å²) in [6.07, 6.45) is 4.45. The molecule has 2 aromatic rings.